The molecule has 3 saturated heterocycles. The summed E-state index contributed by atoms with van der Waals surface area (Å²) in [7, 11) is 0. The highest BCUT2D eigenvalue weighted by Crippen LogP contribution is 2.48. The third-order valence-corrected chi connectivity index (χ3v) is 9.36. The first-order chi connectivity index (χ1) is 19.8. The predicted octanol–water partition coefficient (Wildman–Crippen LogP) is 2.84. The molecule has 6 rings (SSSR count). The van der Waals surface area contributed by atoms with Crippen LogP contribution in [0.3, 0.4) is 0 Å². The normalized spacial score (nSPS) is 27.2. The quantitative estimate of drug-likeness (QED) is 0.391. The van der Waals surface area contributed by atoms with Crippen molar-refractivity contribution in [2.45, 2.75) is 43.3 Å². The molecule has 5 atom stereocenters. The van der Waals surface area contributed by atoms with Crippen molar-refractivity contribution in [3.8, 4) is 11.5 Å². The number of benzene rings is 2. The van der Waals surface area contributed by atoms with Gasteiger partial charge in [0.05, 0.1) is 22.4 Å². The molecular formula is C30H33N5O5S. The van der Waals surface area contributed by atoms with Crippen molar-refractivity contribution >= 4 is 35.3 Å². The number of aryl methyl sites for hydroxylation is 1. The monoisotopic (exact) mass is 575 g/mol. The molecule has 4 N–H and O–H groups in total. The third kappa shape index (κ3) is 5.32. The smallest absolute Gasteiger partial charge is 0.326 e. The Bertz CT molecular complexity index is 1420. The molecule has 0 aliphatic carbocycles. The van der Waals surface area contributed by atoms with E-state index in [4.69, 9.17) is 4.74 Å². The van der Waals surface area contributed by atoms with Crippen LogP contribution in [0.1, 0.15) is 18.4 Å². The van der Waals surface area contributed by atoms with Crippen molar-refractivity contribution in [3.05, 3.63) is 77.4 Å². The zero-order valence-corrected chi connectivity index (χ0v) is 23.5. The van der Waals surface area contributed by atoms with Gasteiger partial charge in [0, 0.05) is 36.4 Å². The van der Waals surface area contributed by atoms with Gasteiger partial charge in [-0.15, -0.1) is 0 Å². The Kier molecular flexibility index (Phi) is 7.50. The maximum Gasteiger partial charge on any atom is 0.326 e. The van der Waals surface area contributed by atoms with E-state index in [0.717, 1.165) is 23.4 Å². The molecule has 214 valence electrons. The van der Waals surface area contributed by atoms with E-state index in [2.05, 4.69) is 22.5 Å². The molecule has 41 heavy (non-hydrogen) atoms. The Morgan fingerprint density at radius 2 is 1.98 bits per heavy atom. The van der Waals surface area contributed by atoms with Gasteiger partial charge in [-0.25, -0.2) is 4.79 Å². The van der Waals surface area contributed by atoms with Gasteiger partial charge >= 0.3 is 6.03 Å². The lowest BCUT2D eigenvalue weighted by Crippen LogP contribution is -2.62. The van der Waals surface area contributed by atoms with E-state index < -0.39 is 12.1 Å². The van der Waals surface area contributed by atoms with Crippen molar-refractivity contribution in [2.75, 3.05) is 24.5 Å². The molecule has 4 amide bonds. The topological polar surface area (TPSA) is 123 Å². The number of amides is 4. The van der Waals surface area contributed by atoms with Crippen LogP contribution in [0.2, 0.25) is 0 Å². The number of piperidine rings is 2. The molecular weight excluding hydrogens is 542 g/mol. The number of aliphatic hydroxyl groups excluding tert-OH is 1. The number of thioether (sulfide) groups is 1. The summed E-state index contributed by atoms with van der Waals surface area (Å²) in [6.45, 7) is 6.70. The number of ether oxygens (including phenoxy) is 1. The first kappa shape index (κ1) is 27.4. The molecule has 11 heteroatoms. The van der Waals surface area contributed by atoms with Gasteiger partial charge < -0.3 is 30.7 Å². The number of hydrogen-bond donors (Lipinski definition) is 4. The van der Waals surface area contributed by atoms with Crippen LogP contribution in [0.15, 0.2) is 71.8 Å². The lowest BCUT2D eigenvalue weighted by atomic mass is 9.86. The minimum absolute atomic E-state index is 0.0654. The summed E-state index contributed by atoms with van der Waals surface area (Å²) < 4.78 is 5.99. The Labute approximate surface area is 242 Å². The molecule has 0 aromatic heterocycles. The minimum atomic E-state index is -0.740. The fourth-order valence-electron chi connectivity index (χ4n) is 6.23. The number of carbonyl (C=O) groups excluding carboxylic acids is 3. The summed E-state index contributed by atoms with van der Waals surface area (Å²) in [5.41, 5.74) is 2.35. The van der Waals surface area contributed by atoms with Crippen LogP contribution in [0.4, 0.5) is 10.5 Å². The number of aliphatic hydroxyl groups is 1. The summed E-state index contributed by atoms with van der Waals surface area (Å²) in [5, 5.41) is 19.8. The maximum atomic E-state index is 13.6. The fraction of sp³-hybridized carbons (Fsp3) is 0.367. The second kappa shape index (κ2) is 11.2. The number of hydrogen-bond acceptors (Lipinski definition) is 7. The van der Waals surface area contributed by atoms with Gasteiger partial charge in [-0.1, -0.05) is 36.5 Å². The summed E-state index contributed by atoms with van der Waals surface area (Å²) in [5.74, 6) is 0.742. The summed E-state index contributed by atoms with van der Waals surface area (Å²) in [6.07, 6.45) is 1.55. The Balaban J connectivity index is 1.22. The van der Waals surface area contributed by atoms with E-state index in [1.54, 1.807) is 0 Å². The number of anilines is 1. The molecule has 0 radical (unpaired) electrons. The molecule has 0 spiro atoms. The fourth-order valence-corrected chi connectivity index (χ4v) is 7.62. The number of β-amino-alcohol motifs (C(OH)–C–C–N with tert-alkyl or cyclic N) is 1. The summed E-state index contributed by atoms with van der Waals surface area (Å²) in [4.78, 5) is 43.0. The van der Waals surface area contributed by atoms with Crippen molar-refractivity contribution in [2.24, 2.45) is 5.92 Å². The number of nitrogens with zero attached hydrogens (tertiary/aromatic N) is 2. The number of urea groups is 1. The SMILES string of the molecule is C=CC(=O)N1C[C@H](O)C[C@@H](NC(=O)C2=C3NC(=O)N(c4ccc(Oc5ccccc5)cc4C)C4CCNC(S2)C34)C1. The highest BCUT2D eigenvalue weighted by atomic mass is 32.2. The molecule has 10 nitrogen and oxygen atoms in total. The number of likely N-dealkylation sites (tertiary alicyclic amines) is 1. The predicted molar refractivity (Wildman–Crippen MR) is 156 cm³/mol. The van der Waals surface area contributed by atoms with E-state index in [1.165, 1.54) is 22.7 Å². The van der Waals surface area contributed by atoms with Crippen molar-refractivity contribution in [1.82, 2.24) is 20.9 Å². The van der Waals surface area contributed by atoms with Gasteiger partial charge in [0.2, 0.25) is 5.91 Å². The maximum absolute atomic E-state index is 13.6. The number of rotatable bonds is 6. The molecule has 2 aromatic carbocycles. The Morgan fingerprint density at radius 1 is 1.17 bits per heavy atom. The first-order valence-corrected chi connectivity index (χ1v) is 14.7. The lowest BCUT2D eigenvalue weighted by molar-refractivity contribution is -0.130. The number of para-hydroxylation sites is 1. The lowest BCUT2D eigenvalue weighted by Gasteiger charge is -2.46. The van der Waals surface area contributed by atoms with Crippen molar-refractivity contribution in [1.29, 1.82) is 0 Å². The van der Waals surface area contributed by atoms with Crippen LogP contribution in [0.5, 0.6) is 11.5 Å². The Hall–Kier alpha value is -3.80. The van der Waals surface area contributed by atoms with Gasteiger partial charge in [0.1, 0.15) is 11.5 Å². The molecule has 4 aliphatic rings. The van der Waals surface area contributed by atoms with Gasteiger partial charge in [-0.2, -0.15) is 0 Å². The molecule has 0 bridgehead atoms. The molecule has 4 aliphatic heterocycles. The van der Waals surface area contributed by atoms with Crippen LogP contribution in [-0.4, -0.2) is 71.0 Å². The summed E-state index contributed by atoms with van der Waals surface area (Å²) >= 11 is 1.42. The average molecular weight is 576 g/mol. The molecule has 0 saturated carbocycles. The second-order valence-electron chi connectivity index (χ2n) is 10.8. The third-order valence-electron chi connectivity index (χ3n) is 8.00. The highest BCUT2D eigenvalue weighted by molar-refractivity contribution is 8.04. The van der Waals surface area contributed by atoms with Gasteiger partial charge in [-0.3, -0.25) is 14.5 Å². The van der Waals surface area contributed by atoms with Crippen LogP contribution in [0.25, 0.3) is 0 Å². The van der Waals surface area contributed by atoms with Crippen LogP contribution in [-0.2, 0) is 9.59 Å². The molecule has 4 heterocycles. The molecule has 3 fully saturated rings. The number of carbonyl (C=O) groups is 3. The number of nitrogens with one attached hydrogen (secondary N) is 3. The van der Waals surface area contributed by atoms with E-state index in [9.17, 15) is 19.5 Å². The first-order valence-electron chi connectivity index (χ1n) is 13.8. The zero-order chi connectivity index (χ0) is 28.7. The molecule has 3 unspecified atom stereocenters. The highest BCUT2D eigenvalue weighted by Gasteiger charge is 2.52. The summed E-state index contributed by atoms with van der Waals surface area (Å²) in [6, 6.07) is 14.5. The van der Waals surface area contributed by atoms with E-state index in [-0.39, 0.29) is 48.3 Å². The van der Waals surface area contributed by atoms with E-state index in [0.29, 0.717) is 29.3 Å². The van der Waals surface area contributed by atoms with Crippen molar-refractivity contribution < 1.29 is 24.2 Å². The molecule has 2 aromatic rings. The van der Waals surface area contributed by atoms with Crippen molar-refractivity contribution in [3.63, 3.8) is 0 Å². The van der Waals surface area contributed by atoms with Crippen LogP contribution >= 0.6 is 11.8 Å². The van der Waals surface area contributed by atoms with Crippen LogP contribution in [0, 0.1) is 12.8 Å². The minimum Gasteiger partial charge on any atom is -0.457 e. The zero-order valence-electron chi connectivity index (χ0n) is 22.7. The standard InChI is InChI=1S/C30H33N5O5S/c1-3-24(37)34-15-18(14-19(36)16-34)32-28(38)27-26-25-23(11-12-31-29(25)41-27)35(30(39)33-26)22-10-9-21(13-17(22)2)40-20-7-5-4-6-8-20/h3-10,13,18-19,23,25,29,31,36H,1,11-12,14-16H2,2H3,(H,32,38)(H,33,39)/t18-,19-,23?,25?,29?/m1/s1. The van der Waals surface area contributed by atoms with E-state index >= 15 is 0 Å². The van der Waals surface area contributed by atoms with Gasteiger partial charge in [-0.05, 0) is 68.3 Å². The average Bonchev–Trinajstić information content (AvgIpc) is 3.33. The van der Waals surface area contributed by atoms with Gasteiger partial charge in [0.25, 0.3) is 5.91 Å². The van der Waals surface area contributed by atoms with Gasteiger partial charge in [0.15, 0.2) is 0 Å². The van der Waals surface area contributed by atoms with Crippen LogP contribution < -0.4 is 25.6 Å². The second-order valence-corrected chi connectivity index (χ2v) is 11.9. The largest absolute Gasteiger partial charge is 0.457 e. The Morgan fingerprint density at radius 3 is 2.73 bits per heavy atom. The van der Waals surface area contributed by atoms with E-state index in [1.807, 2.05) is 60.4 Å².